The summed E-state index contributed by atoms with van der Waals surface area (Å²) in [4.78, 5) is 12.0. The summed E-state index contributed by atoms with van der Waals surface area (Å²) in [5.41, 5.74) is 2.74. The van der Waals surface area contributed by atoms with E-state index in [2.05, 4.69) is 10.6 Å². The van der Waals surface area contributed by atoms with E-state index in [-0.39, 0.29) is 11.9 Å². The predicted molar refractivity (Wildman–Crippen MR) is 74.4 cm³/mol. The molecule has 2 aromatic carbocycles. The van der Waals surface area contributed by atoms with E-state index in [1.54, 1.807) is 7.11 Å². The maximum absolute atomic E-state index is 12.0. The maximum atomic E-state index is 12.0. The highest BCUT2D eigenvalue weighted by atomic mass is 16.5. The minimum atomic E-state index is -0.343. The molecule has 1 aliphatic rings. The van der Waals surface area contributed by atoms with Gasteiger partial charge in [0.2, 0.25) is 0 Å². The second kappa shape index (κ2) is 4.65. The zero-order chi connectivity index (χ0) is 13.2. The van der Waals surface area contributed by atoms with Crippen LogP contribution in [0.5, 0.6) is 5.75 Å². The smallest absolute Gasteiger partial charge is 0.251 e. The third-order valence-corrected chi connectivity index (χ3v) is 3.19. The summed E-state index contributed by atoms with van der Waals surface area (Å²) >= 11 is 0. The Morgan fingerprint density at radius 3 is 2.58 bits per heavy atom. The van der Waals surface area contributed by atoms with Gasteiger partial charge in [-0.3, -0.25) is 4.79 Å². The van der Waals surface area contributed by atoms with E-state index >= 15 is 0 Å². The molecule has 1 atom stereocenters. The lowest BCUT2D eigenvalue weighted by Crippen LogP contribution is -2.19. The average Bonchev–Trinajstić information content (AvgIpc) is 2.76. The molecule has 0 fully saturated rings. The summed E-state index contributed by atoms with van der Waals surface area (Å²) in [6.45, 7) is 0. The number of hydrogen-bond acceptors (Lipinski definition) is 3. The van der Waals surface area contributed by atoms with Gasteiger partial charge in [-0.15, -0.1) is 0 Å². The minimum absolute atomic E-state index is 0.0305. The van der Waals surface area contributed by atoms with Gasteiger partial charge < -0.3 is 15.4 Å². The predicted octanol–water partition coefficient (Wildman–Crippen LogP) is 2.80. The molecule has 0 spiro atoms. The summed E-state index contributed by atoms with van der Waals surface area (Å²) in [5.74, 6) is 0.763. The van der Waals surface area contributed by atoms with Crippen molar-refractivity contribution in [2.75, 3.05) is 17.7 Å². The fraction of sp³-hybridized carbons (Fsp3) is 0.133. The molecule has 4 heteroatoms. The van der Waals surface area contributed by atoms with E-state index in [1.165, 1.54) is 0 Å². The van der Waals surface area contributed by atoms with Gasteiger partial charge in [0.15, 0.2) is 0 Å². The van der Waals surface area contributed by atoms with Gasteiger partial charge in [-0.05, 0) is 30.3 Å². The van der Waals surface area contributed by atoms with Crippen molar-refractivity contribution in [1.82, 2.24) is 0 Å². The molecule has 0 aliphatic carbocycles. The van der Waals surface area contributed by atoms with Crippen LogP contribution in [-0.2, 0) is 4.79 Å². The Bertz CT molecular complexity index is 608. The molecule has 0 bridgehead atoms. The van der Waals surface area contributed by atoms with E-state index < -0.39 is 0 Å². The van der Waals surface area contributed by atoms with Crippen molar-refractivity contribution < 1.29 is 9.53 Å². The molecule has 0 unspecified atom stereocenters. The van der Waals surface area contributed by atoms with Gasteiger partial charge in [0.05, 0.1) is 7.11 Å². The van der Waals surface area contributed by atoms with Crippen LogP contribution in [0.1, 0.15) is 11.6 Å². The molecule has 0 radical (unpaired) electrons. The summed E-state index contributed by atoms with van der Waals surface area (Å²) in [6.07, 6.45) is 0. The number of amides is 1. The summed E-state index contributed by atoms with van der Waals surface area (Å²) < 4.78 is 5.11. The van der Waals surface area contributed by atoms with Crippen molar-refractivity contribution in [2.24, 2.45) is 0 Å². The number of anilines is 2. The molecule has 1 heterocycles. The van der Waals surface area contributed by atoms with Gasteiger partial charge in [-0.1, -0.05) is 18.2 Å². The van der Waals surface area contributed by atoms with Crippen LogP contribution in [0.3, 0.4) is 0 Å². The number of benzene rings is 2. The number of hydrogen-bond donors (Lipinski definition) is 2. The lowest BCUT2D eigenvalue weighted by molar-refractivity contribution is -0.116. The first kappa shape index (κ1) is 11.6. The van der Waals surface area contributed by atoms with Crippen LogP contribution in [0.25, 0.3) is 0 Å². The van der Waals surface area contributed by atoms with Crippen molar-refractivity contribution in [2.45, 2.75) is 6.04 Å². The highest BCUT2D eigenvalue weighted by Gasteiger charge is 2.29. The second-order valence-corrected chi connectivity index (χ2v) is 4.38. The molecule has 19 heavy (non-hydrogen) atoms. The first-order valence-electron chi connectivity index (χ1n) is 6.08. The number of rotatable bonds is 3. The summed E-state index contributed by atoms with van der Waals surface area (Å²) in [6, 6.07) is 14.9. The molecule has 1 aliphatic heterocycles. The normalized spacial score (nSPS) is 16.7. The van der Waals surface area contributed by atoms with Crippen molar-refractivity contribution >= 4 is 17.3 Å². The number of carbonyl (C=O) groups excluding carboxylic acids is 1. The van der Waals surface area contributed by atoms with Crippen LogP contribution in [0.2, 0.25) is 0 Å². The molecule has 96 valence electrons. The Hall–Kier alpha value is -2.49. The molecule has 3 rings (SSSR count). The van der Waals surface area contributed by atoms with E-state index in [9.17, 15) is 4.79 Å². The van der Waals surface area contributed by atoms with E-state index in [1.807, 2.05) is 48.5 Å². The number of ether oxygens (including phenoxy) is 1. The van der Waals surface area contributed by atoms with Crippen molar-refractivity contribution in [3.63, 3.8) is 0 Å². The lowest BCUT2D eigenvalue weighted by atomic mass is 10.1. The van der Waals surface area contributed by atoms with Crippen molar-refractivity contribution in [3.8, 4) is 5.75 Å². The minimum Gasteiger partial charge on any atom is -0.497 e. The molecule has 2 aromatic rings. The largest absolute Gasteiger partial charge is 0.497 e. The van der Waals surface area contributed by atoms with Gasteiger partial charge >= 0.3 is 0 Å². The molecule has 4 nitrogen and oxygen atoms in total. The Morgan fingerprint density at radius 1 is 1.11 bits per heavy atom. The van der Waals surface area contributed by atoms with Crippen LogP contribution in [0.4, 0.5) is 11.4 Å². The number of methoxy groups -OCH3 is 1. The molecule has 1 amide bonds. The standard InChI is InChI=1S/C15H14N2O2/c1-19-11-8-6-10(7-9-11)16-14-12-4-2-3-5-13(12)17-15(14)18/h2-9,14,16H,1H3,(H,17,18)/t14-/m0/s1. The molecule has 0 aromatic heterocycles. The van der Waals surface area contributed by atoms with E-state index in [0.717, 1.165) is 22.7 Å². The van der Waals surface area contributed by atoms with Crippen LogP contribution in [0.15, 0.2) is 48.5 Å². The number of carbonyl (C=O) groups is 1. The van der Waals surface area contributed by atoms with Crippen molar-refractivity contribution in [1.29, 1.82) is 0 Å². The SMILES string of the molecule is COc1ccc(N[C@@H]2C(=O)Nc3ccccc32)cc1. The van der Waals surface area contributed by atoms with Gasteiger partial charge in [0, 0.05) is 16.9 Å². The second-order valence-electron chi connectivity index (χ2n) is 4.38. The Balaban J connectivity index is 1.84. The van der Waals surface area contributed by atoms with Crippen LogP contribution in [-0.4, -0.2) is 13.0 Å². The van der Waals surface area contributed by atoms with Crippen LogP contribution >= 0.6 is 0 Å². The molecule has 0 saturated carbocycles. The lowest BCUT2D eigenvalue weighted by Gasteiger charge is -2.13. The topological polar surface area (TPSA) is 50.4 Å². The van der Waals surface area contributed by atoms with Gasteiger partial charge in [-0.25, -0.2) is 0 Å². The zero-order valence-corrected chi connectivity index (χ0v) is 10.5. The van der Waals surface area contributed by atoms with Gasteiger partial charge in [-0.2, -0.15) is 0 Å². The monoisotopic (exact) mass is 254 g/mol. The summed E-state index contributed by atoms with van der Waals surface area (Å²) in [5, 5.41) is 6.09. The highest BCUT2D eigenvalue weighted by Crippen LogP contribution is 2.33. The van der Waals surface area contributed by atoms with E-state index in [0.29, 0.717) is 0 Å². The molecule has 0 saturated heterocycles. The van der Waals surface area contributed by atoms with Crippen molar-refractivity contribution in [3.05, 3.63) is 54.1 Å². The quantitative estimate of drug-likeness (QED) is 0.885. The molecular weight excluding hydrogens is 240 g/mol. The van der Waals surface area contributed by atoms with Crippen LogP contribution in [0, 0.1) is 0 Å². The maximum Gasteiger partial charge on any atom is 0.251 e. The number of para-hydroxylation sites is 1. The van der Waals surface area contributed by atoms with Crippen LogP contribution < -0.4 is 15.4 Å². The van der Waals surface area contributed by atoms with Gasteiger partial charge in [0.1, 0.15) is 11.8 Å². The Morgan fingerprint density at radius 2 is 1.84 bits per heavy atom. The first-order chi connectivity index (χ1) is 9.28. The number of fused-ring (bicyclic) bond motifs is 1. The first-order valence-corrected chi connectivity index (χ1v) is 6.08. The van der Waals surface area contributed by atoms with E-state index in [4.69, 9.17) is 4.74 Å². The zero-order valence-electron chi connectivity index (χ0n) is 10.5. The fourth-order valence-electron chi connectivity index (χ4n) is 2.21. The Kier molecular flexibility index (Phi) is 2.83. The average molecular weight is 254 g/mol. The Labute approximate surface area is 111 Å². The van der Waals surface area contributed by atoms with Gasteiger partial charge in [0.25, 0.3) is 5.91 Å². The molecular formula is C15H14N2O2. The highest BCUT2D eigenvalue weighted by molar-refractivity contribution is 6.04. The third-order valence-electron chi connectivity index (χ3n) is 3.19. The number of nitrogens with one attached hydrogen (secondary N) is 2. The molecule has 2 N–H and O–H groups in total. The summed E-state index contributed by atoms with van der Waals surface area (Å²) in [7, 11) is 1.63. The fourth-order valence-corrected chi connectivity index (χ4v) is 2.21. The third kappa shape index (κ3) is 2.12.